The number of rotatable bonds is 5. The third-order valence-electron chi connectivity index (χ3n) is 5.30. The van der Waals surface area contributed by atoms with Crippen molar-refractivity contribution < 1.29 is 14.0 Å². The van der Waals surface area contributed by atoms with Gasteiger partial charge in [0.25, 0.3) is 11.8 Å². The van der Waals surface area contributed by atoms with Gasteiger partial charge in [-0.1, -0.05) is 29.8 Å². The normalized spacial score (nSPS) is 10.6. The van der Waals surface area contributed by atoms with Crippen molar-refractivity contribution >= 4 is 23.2 Å². The minimum absolute atomic E-state index is 0.181. The number of anilines is 2. The molecule has 0 fully saturated rings. The van der Waals surface area contributed by atoms with Crippen LogP contribution in [0, 0.1) is 20.8 Å². The van der Waals surface area contributed by atoms with Crippen molar-refractivity contribution in [2.75, 3.05) is 10.6 Å². The Morgan fingerprint density at radius 1 is 0.688 bits per heavy atom. The van der Waals surface area contributed by atoms with E-state index < -0.39 is 0 Å². The maximum Gasteiger partial charge on any atom is 0.291 e. The molecule has 0 radical (unpaired) electrons. The zero-order valence-corrected chi connectivity index (χ0v) is 18.2. The number of aryl methyl sites for hydroxylation is 3. The van der Waals surface area contributed by atoms with E-state index in [0.717, 1.165) is 11.1 Å². The first-order chi connectivity index (χ1) is 15.4. The Kier molecular flexibility index (Phi) is 5.90. The van der Waals surface area contributed by atoms with Gasteiger partial charge in [-0.25, -0.2) is 0 Å². The molecule has 0 bridgehead atoms. The number of carbonyl (C=O) groups is 2. The number of nitrogens with one attached hydrogen (secondary N) is 2. The summed E-state index contributed by atoms with van der Waals surface area (Å²) >= 11 is 0. The highest BCUT2D eigenvalue weighted by Gasteiger charge is 2.13. The molecule has 1 aromatic heterocycles. The van der Waals surface area contributed by atoms with Crippen molar-refractivity contribution in [3.8, 4) is 11.3 Å². The van der Waals surface area contributed by atoms with Gasteiger partial charge in [0.05, 0.1) is 0 Å². The minimum atomic E-state index is -0.336. The highest BCUT2D eigenvalue weighted by atomic mass is 16.3. The highest BCUT2D eigenvalue weighted by Crippen LogP contribution is 2.25. The van der Waals surface area contributed by atoms with Crippen LogP contribution >= 0.6 is 0 Å². The molecule has 5 heteroatoms. The van der Waals surface area contributed by atoms with E-state index in [-0.39, 0.29) is 17.6 Å². The molecule has 3 aromatic carbocycles. The van der Waals surface area contributed by atoms with E-state index in [1.54, 1.807) is 42.5 Å². The topological polar surface area (TPSA) is 71.3 Å². The Morgan fingerprint density at radius 3 is 2.03 bits per heavy atom. The summed E-state index contributed by atoms with van der Waals surface area (Å²) in [5.41, 5.74) is 6.17. The van der Waals surface area contributed by atoms with Crippen LogP contribution in [0.15, 0.2) is 83.3 Å². The van der Waals surface area contributed by atoms with Crippen LogP contribution in [0.3, 0.4) is 0 Å². The van der Waals surface area contributed by atoms with Crippen molar-refractivity contribution in [2.45, 2.75) is 20.8 Å². The number of hydrogen-bond acceptors (Lipinski definition) is 3. The lowest BCUT2D eigenvalue weighted by molar-refractivity contribution is 0.0995. The Bertz CT molecular complexity index is 1290. The molecular weight excluding hydrogens is 400 g/mol. The van der Waals surface area contributed by atoms with Crippen molar-refractivity contribution in [3.05, 3.63) is 107 Å². The molecule has 2 amide bonds. The Labute approximate surface area is 187 Å². The van der Waals surface area contributed by atoms with E-state index in [9.17, 15) is 9.59 Å². The maximum absolute atomic E-state index is 12.6. The number of carbonyl (C=O) groups excluding carboxylic acids is 2. The first-order valence-corrected chi connectivity index (χ1v) is 10.4. The predicted molar refractivity (Wildman–Crippen MR) is 127 cm³/mol. The first kappa shape index (κ1) is 21.1. The van der Waals surface area contributed by atoms with Crippen LogP contribution in [0.5, 0.6) is 0 Å². The molecule has 0 unspecified atom stereocenters. The second-order valence-electron chi connectivity index (χ2n) is 7.82. The SMILES string of the molecule is Cc1cccc(C(=O)Nc2ccc(NC(=O)c3ccc(-c4ccc(C)c(C)c4)o3)cc2)c1. The van der Waals surface area contributed by atoms with E-state index in [0.29, 0.717) is 22.7 Å². The molecule has 0 aliphatic rings. The largest absolute Gasteiger partial charge is 0.451 e. The molecule has 32 heavy (non-hydrogen) atoms. The second kappa shape index (κ2) is 8.94. The molecule has 0 aliphatic heterocycles. The minimum Gasteiger partial charge on any atom is -0.451 e. The van der Waals surface area contributed by atoms with Crippen molar-refractivity contribution in [2.24, 2.45) is 0 Å². The number of hydrogen-bond donors (Lipinski definition) is 2. The van der Waals surface area contributed by atoms with Gasteiger partial charge in [0.15, 0.2) is 5.76 Å². The third-order valence-corrected chi connectivity index (χ3v) is 5.30. The standard InChI is InChI=1S/C27H24N2O3/c1-17-5-4-6-21(15-17)26(30)28-22-9-11-23(12-10-22)29-27(31)25-14-13-24(32-25)20-8-7-18(2)19(3)16-20/h4-16H,1-3H3,(H,28,30)(H,29,31). The Hall–Kier alpha value is -4.12. The molecule has 4 rings (SSSR count). The lowest BCUT2D eigenvalue weighted by atomic mass is 10.1. The fraction of sp³-hybridized carbons (Fsp3) is 0.111. The third kappa shape index (κ3) is 4.78. The van der Waals surface area contributed by atoms with Gasteiger partial charge in [-0.3, -0.25) is 9.59 Å². The fourth-order valence-corrected chi connectivity index (χ4v) is 3.33. The van der Waals surface area contributed by atoms with Gasteiger partial charge >= 0.3 is 0 Å². The molecule has 0 aliphatic carbocycles. The van der Waals surface area contributed by atoms with Crippen LogP contribution in [0.25, 0.3) is 11.3 Å². The summed E-state index contributed by atoms with van der Waals surface area (Å²) in [6.45, 7) is 6.04. The molecule has 0 spiro atoms. The summed E-state index contributed by atoms with van der Waals surface area (Å²) in [5.74, 6) is 0.360. The smallest absolute Gasteiger partial charge is 0.291 e. The Morgan fingerprint density at radius 2 is 1.38 bits per heavy atom. The van der Waals surface area contributed by atoms with Gasteiger partial charge in [-0.15, -0.1) is 0 Å². The van der Waals surface area contributed by atoms with Crippen LogP contribution < -0.4 is 10.6 Å². The lowest BCUT2D eigenvalue weighted by Gasteiger charge is -2.08. The molecule has 2 N–H and O–H groups in total. The average molecular weight is 425 g/mol. The fourth-order valence-electron chi connectivity index (χ4n) is 3.33. The van der Waals surface area contributed by atoms with Crippen LogP contribution in [0.1, 0.15) is 37.6 Å². The molecule has 4 aromatic rings. The maximum atomic E-state index is 12.6. The molecule has 160 valence electrons. The summed E-state index contributed by atoms with van der Waals surface area (Å²) in [5, 5.41) is 5.68. The van der Waals surface area contributed by atoms with Crippen LogP contribution in [-0.4, -0.2) is 11.8 Å². The monoisotopic (exact) mass is 424 g/mol. The predicted octanol–water partition coefficient (Wildman–Crippen LogP) is 6.38. The number of furan rings is 1. The quantitative estimate of drug-likeness (QED) is 0.391. The summed E-state index contributed by atoms with van der Waals surface area (Å²) in [7, 11) is 0. The lowest BCUT2D eigenvalue weighted by Crippen LogP contribution is -2.13. The molecule has 0 atom stereocenters. The summed E-state index contributed by atoms with van der Waals surface area (Å²) < 4.78 is 5.76. The summed E-state index contributed by atoms with van der Waals surface area (Å²) in [4.78, 5) is 25.0. The molecule has 5 nitrogen and oxygen atoms in total. The molecular formula is C27H24N2O3. The summed E-state index contributed by atoms with van der Waals surface area (Å²) in [6.07, 6.45) is 0. The van der Waals surface area contributed by atoms with E-state index in [1.807, 2.05) is 50.2 Å². The summed E-state index contributed by atoms with van der Waals surface area (Å²) in [6, 6.07) is 23.9. The van der Waals surface area contributed by atoms with Gasteiger partial charge in [0.1, 0.15) is 5.76 Å². The second-order valence-corrected chi connectivity index (χ2v) is 7.82. The van der Waals surface area contributed by atoms with Crippen molar-refractivity contribution in [1.82, 2.24) is 0 Å². The highest BCUT2D eigenvalue weighted by molar-refractivity contribution is 6.05. The van der Waals surface area contributed by atoms with Gasteiger partial charge < -0.3 is 15.1 Å². The van der Waals surface area contributed by atoms with Crippen LogP contribution in [0.2, 0.25) is 0 Å². The number of benzene rings is 3. The zero-order chi connectivity index (χ0) is 22.7. The number of amides is 2. The van der Waals surface area contributed by atoms with Gasteiger partial charge in [-0.2, -0.15) is 0 Å². The van der Waals surface area contributed by atoms with Gasteiger partial charge in [-0.05, 0) is 86.5 Å². The van der Waals surface area contributed by atoms with Crippen LogP contribution in [-0.2, 0) is 0 Å². The Balaban J connectivity index is 1.40. The van der Waals surface area contributed by atoms with E-state index in [4.69, 9.17) is 4.42 Å². The van der Waals surface area contributed by atoms with E-state index >= 15 is 0 Å². The molecule has 1 heterocycles. The van der Waals surface area contributed by atoms with Gasteiger partial charge in [0, 0.05) is 22.5 Å². The van der Waals surface area contributed by atoms with Crippen molar-refractivity contribution in [1.29, 1.82) is 0 Å². The van der Waals surface area contributed by atoms with Crippen LogP contribution in [0.4, 0.5) is 11.4 Å². The average Bonchev–Trinajstić information content (AvgIpc) is 3.27. The molecule has 0 saturated heterocycles. The first-order valence-electron chi connectivity index (χ1n) is 10.4. The molecule has 0 saturated carbocycles. The van der Waals surface area contributed by atoms with Crippen molar-refractivity contribution in [3.63, 3.8) is 0 Å². The van der Waals surface area contributed by atoms with E-state index in [2.05, 4.69) is 17.6 Å². The van der Waals surface area contributed by atoms with E-state index in [1.165, 1.54) is 11.1 Å². The zero-order valence-electron chi connectivity index (χ0n) is 18.2. The van der Waals surface area contributed by atoms with Gasteiger partial charge in [0.2, 0.25) is 0 Å².